The van der Waals surface area contributed by atoms with E-state index >= 15 is 0 Å². The van der Waals surface area contributed by atoms with E-state index in [0.29, 0.717) is 19.5 Å². The largest absolute Gasteiger partial charge is 0.477 e. The van der Waals surface area contributed by atoms with Crippen molar-refractivity contribution in [3.05, 3.63) is 18.0 Å². The molecule has 0 spiro atoms. The highest BCUT2D eigenvalue weighted by molar-refractivity contribution is 7.89. The minimum Gasteiger partial charge on any atom is -0.477 e. The molecule has 110 valence electrons. The van der Waals surface area contributed by atoms with Gasteiger partial charge in [-0.3, -0.25) is 0 Å². The molecule has 0 aromatic carbocycles. The van der Waals surface area contributed by atoms with Crippen LogP contribution in [0.3, 0.4) is 0 Å². The van der Waals surface area contributed by atoms with Crippen molar-refractivity contribution < 1.29 is 18.3 Å². The maximum absolute atomic E-state index is 12.4. The molecule has 0 unspecified atom stereocenters. The molecule has 0 bridgehead atoms. The van der Waals surface area contributed by atoms with Crippen molar-refractivity contribution >= 4 is 16.0 Å². The van der Waals surface area contributed by atoms with Crippen molar-refractivity contribution in [2.45, 2.75) is 31.7 Å². The summed E-state index contributed by atoms with van der Waals surface area (Å²) in [6.07, 6.45) is 7.15. The third kappa shape index (κ3) is 3.21. The molecule has 1 N–H and O–H groups in total. The van der Waals surface area contributed by atoms with Gasteiger partial charge in [0.1, 0.15) is 10.6 Å². The fraction of sp³-hybridized carbons (Fsp3) is 0.462. The summed E-state index contributed by atoms with van der Waals surface area (Å²) < 4.78 is 27.4. The maximum Gasteiger partial charge on any atom is 0.352 e. The van der Waals surface area contributed by atoms with Crippen LogP contribution < -0.4 is 0 Å². The van der Waals surface area contributed by atoms with Crippen molar-refractivity contribution in [2.75, 3.05) is 13.1 Å². The minimum absolute atomic E-state index is 0.0319. The van der Waals surface area contributed by atoms with E-state index in [1.54, 1.807) is 6.92 Å². The summed E-state index contributed by atoms with van der Waals surface area (Å²) in [6.45, 7) is 4.23. The molecule has 0 aliphatic carbocycles. The molecule has 0 fully saturated rings. The zero-order chi connectivity index (χ0) is 15.3. The van der Waals surface area contributed by atoms with Crippen molar-refractivity contribution in [3.63, 3.8) is 0 Å². The number of carboxylic acids is 1. The monoisotopic (exact) mass is 298 g/mol. The van der Waals surface area contributed by atoms with Gasteiger partial charge in [0.2, 0.25) is 10.0 Å². The number of hydrogen-bond acceptors (Lipinski definition) is 3. The van der Waals surface area contributed by atoms with Crippen molar-refractivity contribution in [2.24, 2.45) is 0 Å². The highest BCUT2D eigenvalue weighted by Crippen LogP contribution is 2.19. The van der Waals surface area contributed by atoms with E-state index in [-0.39, 0.29) is 17.1 Å². The van der Waals surface area contributed by atoms with Crippen LogP contribution in [0.1, 0.15) is 30.8 Å². The number of terminal acetylenes is 1. The fourth-order valence-electron chi connectivity index (χ4n) is 1.85. The van der Waals surface area contributed by atoms with Gasteiger partial charge in [-0.15, -0.1) is 6.42 Å². The molecule has 0 amide bonds. The SMILES string of the molecule is C#CCN(CCC)S(=O)(=O)c1cc(C(=O)O)n(CC)c1. The van der Waals surface area contributed by atoms with Crippen LogP contribution in [0.5, 0.6) is 0 Å². The Balaban J connectivity index is 3.27. The van der Waals surface area contributed by atoms with Gasteiger partial charge in [0.05, 0.1) is 6.54 Å². The molecule has 0 saturated carbocycles. The van der Waals surface area contributed by atoms with Crippen molar-refractivity contribution in [1.29, 1.82) is 0 Å². The number of nitrogens with zero attached hydrogens (tertiary/aromatic N) is 2. The number of carboxylic acid groups (broad SMARTS) is 1. The number of hydrogen-bond donors (Lipinski definition) is 1. The number of aryl methyl sites for hydroxylation is 1. The highest BCUT2D eigenvalue weighted by atomic mass is 32.2. The van der Waals surface area contributed by atoms with E-state index in [1.807, 2.05) is 6.92 Å². The lowest BCUT2D eigenvalue weighted by molar-refractivity contribution is 0.0685. The van der Waals surface area contributed by atoms with Crippen molar-refractivity contribution in [1.82, 2.24) is 8.87 Å². The Kier molecular flexibility index (Phi) is 5.36. The smallest absolute Gasteiger partial charge is 0.352 e. The Labute approximate surface area is 119 Å². The fourth-order valence-corrected chi connectivity index (χ4v) is 3.34. The number of carbonyl (C=O) groups is 1. The summed E-state index contributed by atoms with van der Waals surface area (Å²) >= 11 is 0. The zero-order valence-corrected chi connectivity index (χ0v) is 12.4. The summed E-state index contributed by atoms with van der Waals surface area (Å²) in [5, 5.41) is 9.06. The van der Waals surface area contributed by atoms with E-state index in [1.165, 1.54) is 21.1 Å². The Morgan fingerprint density at radius 2 is 2.15 bits per heavy atom. The van der Waals surface area contributed by atoms with E-state index in [4.69, 9.17) is 11.5 Å². The molecule has 1 aromatic rings. The summed E-state index contributed by atoms with van der Waals surface area (Å²) in [6, 6.07) is 1.17. The van der Waals surface area contributed by atoms with Crippen LogP contribution in [-0.2, 0) is 16.6 Å². The second-order valence-electron chi connectivity index (χ2n) is 4.19. The lowest BCUT2D eigenvalue weighted by Gasteiger charge is -2.18. The van der Waals surface area contributed by atoms with Gasteiger partial charge < -0.3 is 9.67 Å². The first-order valence-electron chi connectivity index (χ1n) is 6.25. The molecular weight excluding hydrogens is 280 g/mol. The van der Waals surface area contributed by atoms with Crippen LogP contribution in [0.15, 0.2) is 17.2 Å². The van der Waals surface area contributed by atoms with E-state index in [9.17, 15) is 13.2 Å². The first-order chi connectivity index (χ1) is 9.38. The topological polar surface area (TPSA) is 79.6 Å². The van der Waals surface area contributed by atoms with Crippen LogP contribution in [0.4, 0.5) is 0 Å². The Hall–Kier alpha value is -1.78. The molecule has 0 aliphatic rings. The molecule has 0 radical (unpaired) electrons. The molecule has 0 saturated heterocycles. The minimum atomic E-state index is -3.76. The first-order valence-corrected chi connectivity index (χ1v) is 7.69. The van der Waals surface area contributed by atoms with Gasteiger partial charge in [0.25, 0.3) is 0 Å². The average molecular weight is 298 g/mol. The van der Waals surface area contributed by atoms with Gasteiger partial charge in [0.15, 0.2) is 0 Å². The van der Waals surface area contributed by atoms with Gasteiger partial charge in [-0.1, -0.05) is 12.8 Å². The third-order valence-electron chi connectivity index (χ3n) is 2.81. The molecule has 0 aliphatic heterocycles. The summed E-state index contributed by atoms with van der Waals surface area (Å²) in [5.74, 6) is 1.15. The molecule has 1 aromatic heterocycles. The second-order valence-corrected chi connectivity index (χ2v) is 6.13. The molecule has 6 nitrogen and oxygen atoms in total. The lowest BCUT2D eigenvalue weighted by Crippen LogP contribution is -2.32. The number of rotatable bonds is 7. The predicted octanol–water partition coefficient (Wildman–Crippen LogP) is 1.24. The average Bonchev–Trinajstić information content (AvgIpc) is 2.83. The molecule has 20 heavy (non-hydrogen) atoms. The second kappa shape index (κ2) is 6.59. The number of aromatic carboxylic acids is 1. The Morgan fingerprint density at radius 3 is 2.55 bits per heavy atom. The van der Waals surface area contributed by atoms with Crippen LogP contribution in [0.25, 0.3) is 0 Å². The van der Waals surface area contributed by atoms with Crippen LogP contribution in [-0.4, -0.2) is 41.5 Å². The van der Waals surface area contributed by atoms with Crippen LogP contribution in [0.2, 0.25) is 0 Å². The van der Waals surface area contributed by atoms with Crippen LogP contribution >= 0.6 is 0 Å². The van der Waals surface area contributed by atoms with Gasteiger partial charge in [-0.05, 0) is 19.4 Å². The normalized spacial score (nSPS) is 11.5. The lowest BCUT2D eigenvalue weighted by atomic mass is 10.4. The zero-order valence-electron chi connectivity index (χ0n) is 11.5. The molecule has 7 heteroatoms. The number of sulfonamides is 1. The van der Waals surface area contributed by atoms with Gasteiger partial charge >= 0.3 is 5.97 Å². The van der Waals surface area contributed by atoms with E-state index < -0.39 is 16.0 Å². The molecule has 0 atom stereocenters. The van der Waals surface area contributed by atoms with E-state index in [0.717, 1.165) is 0 Å². The standard InChI is InChI=1S/C13H18N2O4S/c1-4-7-15(8-5-2)20(18,19)11-9-12(13(16)17)14(6-3)10-11/h1,9-10H,5-8H2,2-3H3,(H,16,17). The maximum atomic E-state index is 12.4. The summed E-state index contributed by atoms with van der Waals surface area (Å²) in [7, 11) is -3.76. The molecule has 1 heterocycles. The highest BCUT2D eigenvalue weighted by Gasteiger charge is 2.26. The predicted molar refractivity (Wildman–Crippen MR) is 74.9 cm³/mol. The molecular formula is C13H18N2O4S. The van der Waals surface area contributed by atoms with Crippen molar-refractivity contribution in [3.8, 4) is 12.3 Å². The van der Waals surface area contributed by atoms with Crippen LogP contribution in [0, 0.1) is 12.3 Å². The number of aromatic nitrogens is 1. The first kappa shape index (κ1) is 16.3. The molecule has 1 rings (SSSR count). The summed E-state index contributed by atoms with van der Waals surface area (Å²) in [5.41, 5.74) is -0.0526. The van der Waals surface area contributed by atoms with E-state index in [2.05, 4.69) is 5.92 Å². The van der Waals surface area contributed by atoms with Gasteiger partial charge in [-0.2, -0.15) is 4.31 Å². The Bertz CT molecular complexity index is 625. The Morgan fingerprint density at radius 1 is 1.50 bits per heavy atom. The summed E-state index contributed by atoms with van der Waals surface area (Å²) in [4.78, 5) is 11.0. The third-order valence-corrected chi connectivity index (χ3v) is 4.62. The quantitative estimate of drug-likeness (QED) is 0.768. The van der Waals surface area contributed by atoms with Gasteiger partial charge in [-0.25, -0.2) is 13.2 Å². The van der Waals surface area contributed by atoms with Gasteiger partial charge in [0, 0.05) is 19.3 Å².